The molecule has 0 aromatic heterocycles. The van der Waals surface area contributed by atoms with Crippen LogP contribution in [0.3, 0.4) is 0 Å². The fraction of sp³-hybridized carbons (Fsp3) is 0.321. The van der Waals surface area contributed by atoms with Gasteiger partial charge in [0, 0.05) is 24.4 Å². The average Bonchev–Trinajstić information content (AvgIpc) is 2.79. The van der Waals surface area contributed by atoms with E-state index in [4.69, 9.17) is 17.3 Å². The molecule has 1 amide bonds. The number of rotatable bonds is 7. The van der Waals surface area contributed by atoms with Gasteiger partial charge in [-0.1, -0.05) is 74.8 Å². The number of sulfone groups is 1. The van der Waals surface area contributed by atoms with Gasteiger partial charge in [-0.15, -0.1) is 0 Å². The molecule has 0 fully saturated rings. The maximum atomic E-state index is 13.8. The SMILES string of the molecule is CC(C)(C)c1ccc(CN(CCc2cccc(C(F)(F)F)c2)C(=O)c2cc(Cl)cc(N)c2S(C)(=O)=O)cc1. The van der Waals surface area contributed by atoms with E-state index in [1.54, 1.807) is 6.07 Å². The van der Waals surface area contributed by atoms with Crippen molar-refractivity contribution < 1.29 is 26.4 Å². The molecular weight excluding hydrogens is 537 g/mol. The highest BCUT2D eigenvalue weighted by Gasteiger charge is 2.31. The first-order valence-corrected chi connectivity index (χ1v) is 14.1. The molecule has 0 radical (unpaired) electrons. The van der Waals surface area contributed by atoms with Crippen LogP contribution in [-0.4, -0.2) is 32.0 Å². The van der Waals surface area contributed by atoms with Gasteiger partial charge in [-0.3, -0.25) is 4.79 Å². The Balaban J connectivity index is 2.01. The Bertz CT molecular complexity index is 1430. The lowest BCUT2D eigenvalue weighted by molar-refractivity contribution is -0.137. The molecule has 5 nitrogen and oxygen atoms in total. The third-order valence-electron chi connectivity index (χ3n) is 6.09. The summed E-state index contributed by atoms with van der Waals surface area (Å²) in [5, 5.41) is 0.0885. The van der Waals surface area contributed by atoms with Crippen molar-refractivity contribution in [3.05, 3.63) is 93.5 Å². The molecular formula is C28H30ClF3N2O3S. The number of hydrogen-bond donors (Lipinski definition) is 1. The minimum Gasteiger partial charge on any atom is -0.398 e. The second-order valence-electron chi connectivity index (χ2n) is 10.3. The lowest BCUT2D eigenvalue weighted by Gasteiger charge is -2.25. The number of halogens is 4. The summed E-state index contributed by atoms with van der Waals surface area (Å²) in [7, 11) is -3.90. The van der Waals surface area contributed by atoms with Crippen molar-refractivity contribution in [2.45, 2.75) is 50.2 Å². The molecule has 0 aliphatic rings. The number of nitrogens with zero attached hydrogens (tertiary/aromatic N) is 1. The van der Waals surface area contributed by atoms with Crippen molar-refractivity contribution in [1.82, 2.24) is 4.90 Å². The molecule has 38 heavy (non-hydrogen) atoms. The molecule has 3 aromatic rings. The number of benzene rings is 3. The summed E-state index contributed by atoms with van der Waals surface area (Å²) in [6, 6.07) is 15.0. The Labute approximate surface area is 226 Å². The Morgan fingerprint density at radius 3 is 2.13 bits per heavy atom. The van der Waals surface area contributed by atoms with Crippen LogP contribution < -0.4 is 5.73 Å². The number of alkyl halides is 3. The van der Waals surface area contributed by atoms with Crippen LogP contribution in [0.5, 0.6) is 0 Å². The summed E-state index contributed by atoms with van der Waals surface area (Å²) in [5.74, 6) is -0.647. The number of carbonyl (C=O) groups is 1. The van der Waals surface area contributed by atoms with E-state index in [0.29, 0.717) is 5.56 Å². The summed E-state index contributed by atoms with van der Waals surface area (Å²) >= 11 is 6.12. The van der Waals surface area contributed by atoms with Crippen molar-refractivity contribution in [1.29, 1.82) is 0 Å². The lowest BCUT2D eigenvalue weighted by Crippen LogP contribution is -2.33. The van der Waals surface area contributed by atoms with Crippen LogP contribution in [-0.2, 0) is 34.4 Å². The predicted molar refractivity (Wildman–Crippen MR) is 144 cm³/mol. The van der Waals surface area contributed by atoms with Crippen LogP contribution in [0, 0.1) is 0 Å². The van der Waals surface area contributed by atoms with Crippen molar-refractivity contribution in [2.75, 3.05) is 18.5 Å². The molecule has 10 heteroatoms. The first-order chi connectivity index (χ1) is 17.5. The highest BCUT2D eigenvalue weighted by Crippen LogP contribution is 2.31. The smallest absolute Gasteiger partial charge is 0.398 e. The lowest BCUT2D eigenvalue weighted by atomic mass is 9.87. The van der Waals surface area contributed by atoms with Gasteiger partial charge in [0.25, 0.3) is 5.91 Å². The number of nitrogens with two attached hydrogens (primary N) is 1. The van der Waals surface area contributed by atoms with Crippen LogP contribution in [0.1, 0.15) is 53.4 Å². The third kappa shape index (κ3) is 7.29. The zero-order valence-electron chi connectivity index (χ0n) is 21.6. The molecule has 0 unspecified atom stereocenters. The van der Waals surface area contributed by atoms with Gasteiger partial charge in [-0.25, -0.2) is 8.42 Å². The van der Waals surface area contributed by atoms with Crippen molar-refractivity contribution >= 4 is 33.0 Å². The van der Waals surface area contributed by atoms with Crippen LogP contribution in [0.25, 0.3) is 0 Å². The molecule has 0 aliphatic heterocycles. The van der Waals surface area contributed by atoms with Gasteiger partial charge in [-0.2, -0.15) is 13.2 Å². The molecule has 0 spiro atoms. The maximum Gasteiger partial charge on any atom is 0.416 e. The quantitative estimate of drug-likeness (QED) is 0.330. The molecule has 3 aromatic carbocycles. The van der Waals surface area contributed by atoms with E-state index >= 15 is 0 Å². The third-order valence-corrected chi connectivity index (χ3v) is 7.50. The maximum absolute atomic E-state index is 13.8. The molecule has 0 saturated heterocycles. The van der Waals surface area contributed by atoms with Gasteiger partial charge < -0.3 is 10.6 Å². The molecule has 0 bridgehead atoms. The van der Waals surface area contributed by atoms with Crippen LogP contribution >= 0.6 is 11.6 Å². The largest absolute Gasteiger partial charge is 0.416 e. The van der Waals surface area contributed by atoms with Gasteiger partial charge in [0.15, 0.2) is 9.84 Å². The van der Waals surface area contributed by atoms with Gasteiger partial charge >= 0.3 is 6.18 Å². The summed E-state index contributed by atoms with van der Waals surface area (Å²) in [6.45, 7) is 6.34. The van der Waals surface area contributed by atoms with Gasteiger partial charge in [0.1, 0.15) is 4.90 Å². The molecule has 2 N–H and O–H groups in total. The minimum atomic E-state index is -4.50. The Hall–Kier alpha value is -3.04. The molecule has 0 heterocycles. The number of nitrogen functional groups attached to an aromatic ring is 1. The fourth-order valence-corrected chi connectivity index (χ4v) is 5.37. The number of carbonyl (C=O) groups excluding carboxylic acids is 1. The predicted octanol–water partition coefficient (Wildman–Crippen LogP) is 6.53. The summed E-state index contributed by atoms with van der Waals surface area (Å²) in [6.07, 6.45) is -3.44. The van der Waals surface area contributed by atoms with Crippen molar-refractivity contribution in [2.24, 2.45) is 0 Å². The Morgan fingerprint density at radius 2 is 1.58 bits per heavy atom. The van der Waals surface area contributed by atoms with Crippen LogP contribution in [0.15, 0.2) is 65.6 Å². The summed E-state index contributed by atoms with van der Waals surface area (Å²) < 4.78 is 64.6. The van der Waals surface area contributed by atoms with E-state index in [1.807, 2.05) is 24.3 Å². The van der Waals surface area contributed by atoms with E-state index in [1.165, 1.54) is 23.1 Å². The van der Waals surface area contributed by atoms with E-state index < -0.39 is 27.5 Å². The second-order valence-corrected chi connectivity index (χ2v) is 12.7. The number of amides is 1. The summed E-state index contributed by atoms with van der Waals surface area (Å²) in [5.41, 5.74) is 6.97. The van der Waals surface area contributed by atoms with E-state index in [9.17, 15) is 26.4 Å². The molecule has 204 valence electrons. The first kappa shape index (κ1) is 29.5. The molecule has 3 rings (SSSR count). The van der Waals surface area contributed by atoms with Gasteiger partial charge in [0.2, 0.25) is 0 Å². The number of hydrogen-bond acceptors (Lipinski definition) is 4. The molecule has 0 saturated carbocycles. The van der Waals surface area contributed by atoms with Gasteiger partial charge in [0.05, 0.1) is 16.8 Å². The fourth-order valence-electron chi connectivity index (χ4n) is 4.11. The Kier molecular flexibility index (Phi) is 8.53. The zero-order valence-corrected chi connectivity index (χ0v) is 23.1. The summed E-state index contributed by atoms with van der Waals surface area (Å²) in [4.78, 5) is 14.8. The average molecular weight is 567 g/mol. The Morgan fingerprint density at radius 1 is 0.947 bits per heavy atom. The second kappa shape index (κ2) is 11.0. The highest BCUT2D eigenvalue weighted by atomic mass is 35.5. The van der Waals surface area contributed by atoms with Gasteiger partial charge in [-0.05, 0) is 46.7 Å². The topological polar surface area (TPSA) is 80.5 Å². The standard InChI is InChI=1S/C28H30ClF3N2O3S/c1-27(2,3)20-10-8-19(9-11-20)17-34(13-12-18-6-5-7-21(14-18)28(30,31)32)26(35)23-15-22(29)16-24(33)25(23)38(4,36)37/h5-11,14-16H,12-13,17,33H2,1-4H3. The van der Waals surface area contributed by atoms with Crippen molar-refractivity contribution in [3.63, 3.8) is 0 Å². The zero-order chi connectivity index (χ0) is 28.5. The molecule has 0 aliphatic carbocycles. The highest BCUT2D eigenvalue weighted by molar-refractivity contribution is 7.91. The molecule has 0 atom stereocenters. The van der Waals surface area contributed by atoms with E-state index in [2.05, 4.69) is 20.8 Å². The number of anilines is 1. The normalized spacial score (nSPS) is 12.4. The first-order valence-electron chi connectivity index (χ1n) is 11.8. The van der Waals surface area contributed by atoms with E-state index in [-0.39, 0.29) is 46.1 Å². The van der Waals surface area contributed by atoms with Crippen LogP contribution in [0.2, 0.25) is 5.02 Å². The monoisotopic (exact) mass is 566 g/mol. The van der Waals surface area contributed by atoms with Crippen LogP contribution in [0.4, 0.5) is 18.9 Å². The van der Waals surface area contributed by atoms with Crippen molar-refractivity contribution in [3.8, 4) is 0 Å². The van der Waals surface area contributed by atoms with E-state index in [0.717, 1.165) is 29.5 Å². The minimum absolute atomic E-state index is 0.0246.